The van der Waals surface area contributed by atoms with Crippen molar-refractivity contribution < 1.29 is 29.4 Å². The number of carboxylic acids is 2. The van der Waals surface area contributed by atoms with Crippen LogP contribution in [-0.2, 0) is 25.8 Å². The van der Waals surface area contributed by atoms with Crippen LogP contribution < -0.4 is 0 Å². The van der Waals surface area contributed by atoms with Crippen LogP contribution in [0.4, 0.5) is 0 Å². The average molecular weight is 402 g/mol. The summed E-state index contributed by atoms with van der Waals surface area (Å²) in [5, 5.41) is 19.8. The fourth-order valence-corrected chi connectivity index (χ4v) is 4.19. The Labute approximate surface area is 169 Å². The number of nitrogens with zero attached hydrogens (tertiary/aromatic N) is 2. The Morgan fingerprint density at radius 2 is 1.76 bits per heavy atom. The molecule has 3 atom stereocenters. The smallest absolute Gasteiger partial charge is 0.328 e. The molecule has 156 valence electrons. The summed E-state index contributed by atoms with van der Waals surface area (Å²) in [7, 11) is 2.25. The molecule has 0 radical (unpaired) electrons. The van der Waals surface area contributed by atoms with E-state index in [0.29, 0.717) is 30.8 Å². The summed E-state index contributed by atoms with van der Waals surface area (Å²) in [6.45, 7) is 0.575. The highest BCUT2D eigenvalue weighted by Crippen LogP contribution is 2.45. The van der Waals surface area contributed by atoms with E-state index < -0.39 is 11.9 Å². The van der Waals surface area contributed by atoms with Gasteiger partial charge in [-0.2, -0.15) is 0 Å². The van der Waals surface area contributed by atoms with E-state index in [1.54, 1.807) is 0 Å². The van der Waals surface area contributed by atoms with Crippen LogP contribution >= 0.6 is 0 Å². The fraction of sp³-hybridized carbons (Fsp3) is 0.476. The minimum atomic E-state index is -1.26. The number of hydrogen-bond acceptors (Lipinski definition) is 6. The van der Waals surface area contributed by atoms with Gasteiger partial charge in [-0.25, -0.2) is 9.59 Å². The Morgan fingerprint density at radius 1 is 1.17 bits per heavy atom. The number of fused-ring (bicyclic) bond motifs is 2. The standard InChI is InChI=1S/C17H22N2O2.C4H4O4/c1-19-14-7-8-15(19)10-17(9-14)11-16(18-21-17)20-12-13-5-3-2-4-6-13;5-3(6)1-2-4(7)8/h2-6,14-15H,7-12H2,1H3;1-2H,(H,5,6)(H,7,8)/b;2-1+/t14-,15+,17?;. The first-order valence-corrected chi connectivity index (χ1v) is 9.64. The Bertz CT molecular complexity index is 762. The second-order valence-electron chi connectivity index (χ2n) is 7.68. The number of ether oxygens (including phenoxy) is 1. The van der Waals surface area contributed by atoms with Crippen LogP contribution in [0.2, 0.25) is 0 Å². The molecular formula is C21H26N2O6. The molecule has 1 aromatic rings. The maximum atomic E-state index is 9.55. The number of hydrogen-bond donors (Lipinski definition) is 2. The molecule has 3 heterocycles. The van der Waals surface area contributed by atoms with Crippen molar-refractivity contribution in [1.82, 2.24) is 4.90 Å². The molecule has 2 saturated heterocycles. The number of carboxylic acid groups (broad SMARTS) is 2. The SMILES string of the molecule is CN1[C@@H]2CC[C@H]1CC1(CC(OCc3ccccc3)=NO1)C2.O=C(O)/C=C/C(=O)O. The molecule has 8 heteroatoms. The summed E-state index contributed by atoms with van der Waals surface area (Å²) >= 11 is 0. The Hall–Kier alpha value is -2.87. The number of piperidine rings is 1. The van der Waals surface area contributed by atoms with Crippen LogP contribution in [0.15, 0.2) is 47.6 Å². The summed E-state index contributed by atoms with van der Waals surface area (Å²) in [5.74, 6) is -1.75. The third kappa shape index (κ3) is 5.57. The van der Waals surface area contributed by atoms with E-state index in [0.717, 1.165) is 25.2 Å². The quantitative estimate of drug-likeness (QED) is 0.745. The van der Waals surface area contributed by atoms with Gasteiger partial charge in [-0.3, -0.25) is 0 Å². The summed E-state index contributed by atoms with van der Waals surface area (Å²) < 4.78 is 5.85. The monoisotopic (exact) mass is 402 g/mol. The molecule has 0 aromatic heterocycles. The predicted octanol–water partition coefficient (Wildman–Crippen LogP) is 2.64. The minimum absolute atomic E-state index is 0.0929. The van der Waals surface area contributed by atoms with Crippen LogP contribution in [0.25, 0.3) is 0 Å². The summed E-state index contributed by atoms with van der Waals surface area (Å²) in [4.78, 5) is 27.5. The van der Waals surface area contributed by atoms with Gasteiger partial charge in [0.05, 0.1) is 6.42 Å². The number of aliphatic carboxylic acids is 2. The first-order valence-electron chi connectivity index (χ1n) is 9.64. The molecule has 1 spiro atoms. The lowest BCUT2D eigenvalue weighted by molar-refractivity contribution is -0.134. The maximum Gasteiger partial charge on any atom is 0.328 e. The van der Waals surface area contributed by atoms with Crippen molar-refractivity contribution in [1.29, 1.82) is 0 Å². The summed E-state index contributed by atoms with van der Waals surface area (Å²) in [5.41, 5.74) is 1.08. The van der Waals surface area contributed by atoms with Gasteiger partial charge in [0.1, 0.15) is 12.2 Å². The first-order chi connectivity index (χ1) is 13.9. The number of carbonyl (C=O) groups is 2. The van der Waals surface area contributed by atoms with E-state index in [1.165, 1.54) is 18.4 Å². The average Bonchev–Trinajstić information content (AvgIpc) is 3.17. The predicted molar refractivity (Wildman–Crippen MR) is 105 cm³/mol. The Balaban J connectivity index is 0.000000258. The first kappa shape index (κ1) is 20.9. The van der Waals surface area contributed by atoms with Gasteiger partial charge in [0.25, 0.3) is 0 Å². The molecule has 0 aliphatic carbocycles. The zero-order chi connectivity index (χ0) is 20.9. The lowest BCUT2D eigenvalue weighted by Crippen LogP contribution is -2.49. The molecule has 29 heavy (non-hydrogen) atoms. The molecule has 1 unspecified atom stereocenters. The van der Waals surface area contributed by atoms with Gasteiger partial charge >= 0.3 is 11.9 Å². The lowest BCUT2D eigenvalue weighted by Gasteiger charge is -2.40. The van der Waals surface area contributed by atoms with Crippen LogP contribution in [0, 0.1) is 0 Å². The van der Waals surface area contributed by atoms with E-state index in [2.05, 4.69) is 29.2 Å². The molecule has 0 saturated carbocycles. The summed E-state index contributed by atoms with van der Waals surface area (Å²) in [6, 6.07) is 11.5. The van der Waals surface area contributed by atoms with Crippen molar-refractivity contribution in [2.45, 2.75) is 56.4 Å². The van der Waals surface area contributed by atoms with Crippen molar-refractivity contribution >= 4 is 17.8 Å². The molecule has 2 bridgehead atoms. The van der Waals surface area contributed by atoms with Crippen molar-refractivity contribution in [3.05, 3.63) is 48.0 Å². The van der Waals surface area contributed by atoms with Crippen molar-refractivity contribution in [2.24, 2.45) is 5.16 Å². The molecule has 1 aromatic carbocycles. The molecular weight excluding hydrogens is 376 g/mol. The summed E-state index contributed by atoms with van der Waals surface area (Å²) in [6.07, 6.45) is 6.72. The highest BCUT2D eigenvalue weighted by Gasteiger charge is 2.51. The number of oxime groups is 1. The van der Waals surface area contributed by atoms with Crippen molar-refractivity contribution in [3.8, 4) is 0 Å². The van der Waals surface area contributed by atoms with Crippen LogP contribution in [0.1, 0.15) is 37.7 Å². The maximum absolute atomic E-state index is 9.55. The molecule has 4 rings (SSSR count). The van der Waals surface area contributed by atoms with Gasteiger partial charge < -0.3 is 24.7 Å². The van der Waals surface area contributed by atoms with Gasteiger partial charge in [0, 0.05) is 37.1 Å². The third-order valence-corrected chi connectivity index (χ3v) is 5.63. The highest BCUT2D eigenvalue weighted by molar-refractivity contribution is 5.89. The molecule has 8 nitrogen and oxygen atoms in total. The second-order valence-corrected chi connectivity index (χ2v) is 7.68. The molecule has 2 N–H and O–H groups in total. The van der Waals surface area contributed by atoms with Gasteiger partial charge in [0.15, 0.2) is 0 Å². The molecule has 3 aliphatic rings. The molecule has 0 amide bonds. The third-order valence-electron chi connectivity index (χ3n) is 5.63. The second kappa shape index (κ2) is 9.09. The van der Waals surface area contributed by atoms with Crippen LogP contribution in [-0.4, -0.2) is 57.7 Å². The Kier molecular flexibility index (Phi) is 6.53. The lowest BCUT2D eigenvalue weighted by atomic mass is 9.84. The molecule has 3 aliphatic heterocycles. The van der Waals surface area contributed by atoms with Crippen LogP contribution in [0.5, 0.6) is 0 Å². The zero-order valence-corrected chi connectivity index (χ0v) is 16.4. The van der Waals surface area contributed by atoms with E-state index in [-0.39, 0.29) is 5.60 Å². The van der Waals surface area contributed by atoms with E-state index in [1.807, 2.05) is 18.2 Å². The van der Waals surface area contributed by atoms with Gasteiger partial charge in [-0.15, -0.1) is 0 Å². The zero-order valence-electron chi connectivity index (χ0n) is 16.4. The van der Waals surface area contributed by atoms with E-state index >= 15 is 0 Å². The van der Waals surface area contributed by atoms with Crippen molar-refractivity contribution in [3.63, 3.8) is 0 Å². The van der Waals surface area contributed by atoms with E-state index in [4.69, 9.17) is 19.8 Å². The van der Waals surface area contributed by atoms with Gasteiger partial charge in [-0.1, -0.05) is 35.5 Å². The highest BCUT2D eigenvalue weighted by atomic mass is 16.7. The number of rotatable bonds is 4. The molecule has 2 fully saturated rings. The topological polar surface area (TPSA) is 109 Å². The van der Waals surface area contributed by atoms with Gasteiger partial charge in [0.2, 0.25) is 5.90 Å². The van der Waals surface area contributed by atoms with Crippen LogP contribution in [0.3, 0.4) is 0 Å². The minimum Gasteiger partial charge on any atom is -0.478 e. The Morgan fingerprint density at radius 3 is 2.31 bits per heavy atom. The fourth-order valence-electron chi connectivity index (χ4n) is 4.19. The normalized spacial score (nSPS) is 27.8. The van der Waals surface area contributed by atoms with Crippen molar-refractivity contribution in [2.75, 3.05) is 7.05 Å². The van der Waals surface area contributed by atoms with Gasteiger partial charge in [-0.05, 0) is 25.5 Å². The largest absolute Gasteiger partial charge is 0.478 e. The number of benzene rings is 1. The van der Waals surface area contributed by atoms with E-state index in [9.17, 15) is 9.59 Å².